The van der Waals surface area contributed by atoms with E-state index < -0.39 is 6.10 Å². The summed E-state index contributed by atoms with van der Waals surface area (Å²) in [6.45, 7) is 2.46. The van der Waals surface area contributed by atoms with E-state index in [9.17, 15) is 5.11 Å². The van der Waals surface area contributed by atoms with Gasteiger partial charge in [0.1, 0.15) is 5.75 Å². The Balaban J connectivity index is 2.49. The van der Waals surface area contributed by atoms with Gasteiger partial charge in [0.15, 0.2) is 0 Å². The van der Waals surface area contributed by atoms with Gasteiger partial charge in [-0.2, -0.15) is 11.8 Å². The molecule has 108 valence electrons. The first kappa shape index (κ1) is 16.3. The van der Waals surface area contributed by atoms with Gasteiger partial charge in [0.05, 0.1) is 19.3 Å². The van der Waals surface area contributed by atoms with Crippen molar-refractivity contribution in [1.29, 1.82) is 0 Å². The van der Waals surface area contributed by atoms with Crippen LogP contribution >= 0.6 is 11.8 Å². The van der Waals surface area contributed by atoms with Crippen molar-refractivity contribution in [1.82, 2.24) is 5.32 Å². The molecule has 5 heteroatoms. The molecule has 0 aromatic heterocycles. The van der Waals surface area contributed by atoms with Crippen LogP contribution in [0.4, 0.5) is 0 Å². The Hall–Kier alpha value is -0.750. The standard InChI is InChI=1S/C14H23NO3S/c1-3-18-13-6-4-11(5-7-13)14(15-2)10-19-9-12(17)8-16/h4-7,12,14-17H,3,8-10H2,1-2H3. The van der Waals surface area contributed by atoms with Gasteiger partial charge in [0, 0.05) is 17.5 Å². The van der Waals surface area contributed by atoms with E-state index in [1.165, 1.54) is 5.56 Å². The smallest absolute Gasteiger partial charge is 0.119 e. The van der Waals surface area contributed by atoms with Crippen LogP contribution in [0.15, 0.2) is 24.3 Å². The highest BCUT2D eigenvalue weighted by Crippen LogP contribution is 2.21. The molecule has 1 aromatic rings. The molecular formula is C14H23NO3S. The molecule has 2 atom stereocenters. The maximum absolute atomic E-state index is 9.30. The summed E-state index contributed by atoms with van der Waals surface area (Å²) < 4.78 is 5.41. The molecule has 1 aromatic carbocycles. The Morgan fingerprint density at radius 3 is 2.47 bits per heavy atom. The molecule has 0 saturated carbocycles. The summed E-state index contributed by atoms with van der Waals surface area (Å²) in [7, 11) is 1.92. The van der Waals surface area contributed by atoms with Gasteiger partial charge in [-0.05, 0) is 31.7 Å². The Kier molecular flexibility index (Phi) is 7.90. The molecular weight excluding hydrogens is 262 g/mol. The number of aliphatic hydroxyl groups is 2. The summed E-state index contributed by atoms with van der Waals surface area (Å²) in [4.78, 5) is 0. The fraction of sp³-hybridized carbons (Fsp3) is 0.571. The minimum Gasteiger partial charge on any atom is -0.494 e. The fourth-order valence-electron chi connectivity index (χ4n) is 1.68. The van der Waals surface area contributed by atoms with Crippen molar-refractivity contribution in [2.45, 2.75) is 19.1 Å². The number of nitrogens with one attached hydrogen (secondary N) is 1. The van der Waals surface area contributed by atoms with Crippen molar-refractivity contribution in [3.63, 3.8) is 0 Å². The second kappa shape index (κ2) is 9.20. The highest BCUT2D eigenvalue weighted by Gasteiger charge is 2.10. The lowest BCUT2D eigenvalue weighted by atomic mass is 10.1. The summed E-state index contributed by atoms with van der Waals surface area (Å²) in [6.07, 6.45) is -0.636. The molecule has 4 nitrogen and oxygen atoms in total. The minimum absolute atomic E-state index is 0.180. The van der Waals surface area contributed by atoms with E-state index in [0.29, 0.717) is 12.4 Å². The lowest BCUT2D eigenvalue weighted by Gasteiger charge is -2.17. The van der Waals surface area contributed by atoms with Crippen molar-refractivity contribution in [2.24, 2.45) is 0 Å². The molecule has 0 amide bonds. The number of hydrogen-bond acceptors (Lipinski definition) is 5. The molecule has 19 heavy (non-hydrogen) atoms. The van der Waals surface area contributed by atoms with E-state index in [1.807, 2.05) is 26.1 Å². The molecule has 0 saturated heterocycles. The van der Waals surface area contributed by atoms with Crippen molar-refractivity contribution >= 4 is 11.8 Å². The zero-order valence-corrected chi connectivity index (χ0v) is 12.3. The van der Waals surface area contributed by atoms with Gasteiger partial charge in [0.2, 0.25) is 0 Å². The number of hydrogen-bond donors (Lipinski definition) is 3. The minimum atomic E-state index is -0.636. The highest BCUT2D eigenvalue weighted by molar-refractivity contribution is 7.99. The van der Waals surface area contributed by atoms with E-state index in [2.05, 4.69) is 17.4 Å². The maximum atomic E-state index is 9.30. The second-order valence-electron chi connectivity index (χ2n) is 4.22. The van der Waals surface area contributed by atoms with Crippen molar-refractivity contribution in [2.75, 3.05) is 31.8 Å². The van der Waals surface area contributed by atoms with Crippen LogP contribution in [-0.4, -0.2) is 48.1 Å². The van der Waals surface area contributed by atoms with Crippen molar-refractivity contribution in [3.05, 3.63) is 29.8 Å². The first-order valence-electron chi connectivity index (χ1n) is 6.48. The zero-order chi connectivity index (χ0) is 14.1. The molecule has 0 radical (unpaired) electrons. The number of benzene rings is 1. The normalized spacial score (nSPS) is 14.1. The van der Waals surface area contributed by atoms with Gasteiger partial charge in [-0.1, -0.05) is 12.1 Å². The number of rotatable bonds is 9. The van der Waals surface area contributed by atoms with Crippen LogP contribution in [0.3, 0.4) is 0 Å². The maximum Gasteiger partial charge on any atom is 0.119 e. The summed E-state index contributed by atoms with van der Waals surface area (Å²) in [6, 6.07) is 8.27. The quantitative estimate of drug-likeness (QED) is 0.641. The molecule has 0 fully saturated rings. The topological polar surface area (TPSA) is 61.7 Å². The van der Waals surface area contributed by atoms with E-state index in [-0.39, 0.29) is 12.6 Å². The molecule has 2 unspecified atom stereocenters. The molecule has 0 heterocycles. The van der Waals surface area contributed by atoms with Crippen molar-refractivity contribution < 1.29 is 14.9 Å². The summed E-state index contributed by atoms with van der Waals surface area (Å²) >= 11 is 1.62. The third-order valence-corrected chi connectivity index (χ3v) is 3.94. The molecule has 0 bridgehead atoms. The molecule has 0 aliphatic heterocycles. The van der Waals surface area contributed by atoms with Gasteiger partial charge >= 0.3 is 0 Å². The van der Waals surface area contributed by atoms with Gasteiger partial charge in [0.25, 0.3) is 0 Å². The summed E-state index contributed by atoms with van der Waals surface area (Å²) in [5, 5.41) is 21.3. The first-order valence-corrected chi connectivity index (χ1v) is 7.63. The van der Waals surface area contributed by atoms with Gasteiger partial charge < -0.3 is 20.3 Å². The Labute approximate surface area is 119 Å². The van der Waals surface area contributed by atoms with Crippen LogP contribution in [0.25, 0.3) is 0 Å². The zero-order valence-electron chi connectivity index (χ0n) is 11.5. The summed E-state index contributed by atoms with van der Waals surface area (Å²) in [5.74, 6) is 2.28. The second-order valence-corrected chi connectivity index (χ2v) is 5.29. The molecule has 0 aliphatic carbocycles. The van der Waals surface area contributed by atoms with E-state index >= 15 is 0 Å². The Morgan fingerprint density at radius 1 is 1.26 bits per heavy atom. The van der Waals surface area contributed by atoms with Gasteiger partial charge in [-0.25, -0.2) is 0 Å². The number of aliphatic hydroxyl groups excluding tert-OH is 2. The lowest BCUT2D eigenvalue weighted by molar-refractivity contribution is 0.113. The number of ether oxygens (including phenoxy) is 1. The third-order valence-electron chi connectivity index (χ3n) is 2.75. The average Bonchev–Trinajstić information content (AvgIpc) is 2.45. The van der Waals surface area contributed by atoms with Crippen LogP contribution in [-0.2, 0) is 0 Å². The molecule has 1 rings (SSSR count). The van der Waals surface area contributed by atoms with Crippen LogP contribution in [0.5, 0.6) is 5.75 Å². The average molecular weight is 285 g/mol. The largest absolute Gasteiger partial charge is 0.494 e. The first-order chi connectivity index (χ1) is 9.21. The fourth-order valence-corrected chi connectivity index (χ4v) is 2.79. The molecule has 0 aliphatic rings. The van der Waals surface area contributed by atoms with Crippen LogP contribution in [0, 0.1) is 0 Å². The highest BCUT2D eigenvalue weighted by atomic mass is 32.2. The predicted molar refractivity (Wildman–Crippen MR) is 79.8 cm³/mol. The monoisotopic (exact) mass is 285 g/mol. The number of thioether (sulfide) groups is 1. The van der Waals surface area contributed by atoms with Gasteiger partial charge in [-0.3, -0.25) is 0 Å². The van der Waals surface area contributed by atoms with Crippen LogP contribution in [0.2, 0.25) is 0 Å². The summed E-state index contributed by atoms with van der Waals surface area (Å²) in [5.41, 5.74) is 1.19. The van der Waals surface area contributed by atoms with E-state index in [1.54, 1.807) is 11.8 Å². The molecule has 0 spiro atoms. The van der Waals surface area contributed by atoms with E-state index in [0.717, 1.165) is 11.5 Å². The lowest BCUT2D eigenvalue weighted by Crippen LogP contribution is -2.21. The molecule has 3 N–H and O–H groups in total. The van der Waals surface area contributed by atoms with Crippen molar-refractivity contribution in [3.8, 4) is 5.75 Å². The van der Waals surface area contributed by atoms with Gasteiger partial charge in [-0.15, -0.1) is 0 Å². The SMILES string of the molecule is CCOc1ccc(C(CSCC(O)CO)NC)cc1. The van der Waals surface area contributed by atoms with E-state index in [4.69, 9.17) is 9.84 Å². The third kappa shape index (κ3) is 5.82. The van der Waals surface area contributed by atoms with Crippen LogP contribution in [0.1, 0.15) is 18.5 Å². The van der Waals surface area contributed by atoms with Crippen LogP contribution < -0.4 is 10.1 Å². The Bertz CT molecular complexity index is 345. The predicted octanol–water partition coefficient (Wildman–Crippen LogP) is 1.43. The Morgan fingerprint density at radius 2 is 1.95 bits per heavy atom.